The molecule has 0 heterocycles. The highest BCUT2D eigenvalue weighted by Gasteiger charge is 2.41. The van der Waals surface area contributed by atoms with Crippen LogP contribution in [0.3, 0.4) is 0 Å². The van der Waals surface area contributed by atoms with Gasteiger partial charge >= 0.3 is 6.18 Å². The van der Waals surface area contributed by atoms with Crippen LogP contribution in [-0.4, -0.2) is 12.2 Å². The fourth-order valence-electron chi connectivity index (χ4n) is 1.90. The van der Waals surface area contributed by atoms with Crippen molar-refractivity contribution in [3.05, 3.63) is 35.9 Å². The van der Waals surface area contributed by atoms with Crippen LogP contribution in [0.25, 0.3) is 0 Å². The molecular formula is C14H20F3N. The summed E-state index contributed by atoms with van der Waals surface area (Å²) in [6.45, 7) is 3.84. The number of nitrogens with one attached hydrogen (secondary N) is 1. The van der Waals surface area contributed by atoms with E-state index >= 15 is 0 Å². The zero-order valence-electron chi connectivity index (χ0n) is 10.8. The van der Waals surface area contributed by atoms with E-state index in [1.807, 2.05) is 6.92 Å². The topological polar surface area (TPSA) is 12.0 Å². The molecule has 1 nitrogen and oxygen atoms in total. The lowest BCUT2D eigenvalue weighted by Crippen LogP contribution is -2.39. The van der Waals surface area contributed by atoms with Gasteiger partial charge in [-0.05, 0) is 18.9 Å². The van der Waals surface area contributed by atoms with Crippen LogP contribution >= 0.6 is 0 Å². The molecule has 1 aromatic carbocycles. The van der Waals surface area contributed by atoms with Crippen molar-refractivity contribution in [2.75, 3.05) is 0 Å². The van der Waals surface area contributed by atoms with E-state index in [1.165, 1.54) is 12.1 Å². The molecule has 0 aliphatic heterocycles. The normalized spacial score (nSPS) is 15.4. The summed E-state index contributed by atoms with van der Waals surface area (Å²) in [6.07, 6.45) is -1.57. The third-order valence-corrected chi connectivity index (χ3v) is 2.90. The van der Waals surface area contributed by atoms with E-state index in [-0.39, 0.29) is 11.6 Å². The lowest BCUT2D eigenvalue weighted by molar-refractivity contribution is -0.159. The van der Waals surface area contributed by atoms with Gasteiger partial charge in [-0.2, -0.15) is 13.2 Å². The standard InChI is InChI=1S/C14H20F3N/c1-3-4-8-11(2)18-13(14(15,16)17)12-9-6-5-7-10-12/h5-7,9-11,13,18H,3-4,8H2,1-2H3. The minimum atomic E-state index is -4.26. The second-order valence-corrected chi connectivity index (χ2v) is 4.60. The van der Waals surface area contributed by atoms with Crippen molar-refractivity contribution in [2.45, 2.75) is 51.4 Å². The first-order chi connectivity index (χ1) is 8.45. The Hall–Kier alpha value is -1.03. The molecule has 2 unspecified atom stereocenters. The van der Waals surface area contributed by atoms with Gasteiger partial charge in [-0.3, -0.25) is 5.32 Å². The Balaban J connectivity index is 2.75. The number of alkyl halides is 3. The third-order valence-electron chi connectivity index (χ3n) is 2.90. The quantitative estimate of drug-likeness (QED) is 0.795. The molecule has 1 aromatic rings. The van der Waals surface area contributed by atoms with E-state index < -0.39 is 12.2 Å². The first-order valence-corrected chi connectivity index (χ1v) is 6.33. The van der Waals surface area contributed by atoms with Crippen molar-refractivity contribution >= 4 is 0 Å². The SMILES string of the molecule is CCCCC(C)NC(c1ccccc1)C(F)(F)F. The number of benzene rings is 1. The van der Waals surface area contributed by atoms with Crippen LogP contribution in [0.2, 0.25) is 0 Å². The smallest absolute Gasteiger partial charge is 0.300 e. The zero-order valence-corrected chi connectivity index (χ0v) is 10.8. The van der Waals surface area contributed by atoms with Gasteiger partial charge in [0.15, 0.2) is 0 Å². The fraction of sp³-hybridized carbons (Fsp3) is 0.571. The van der Waals surface area contributed by atoms with Crippen LogP contribution in [-0.2, 0) is 0 Å². The summed E-state index contributed by atoms with van der Waals surface area (Å²) in [7, 11) is 0. The fourth-order valence-corrected chi connectivity index (χ4v) is 1.90. The molecule has 102 valence electrons. The summed E-state index contributed by atoms with van der Waals surface area (Å²) in [4.78, 5) is 0. The van der Waals surface area contributed by atoms with Crippen molar-refractivity contribution < 1.29 is 13.2 Å². The third kappa shape index (κ3) is 4.69. The van der Waals surface area contributed by atoms with Gasteiger partial charge in [-0.25, -0.2) is 0 Å². The average Bonchev–Trinajstić information content (AvgIpc) is 2.33. The molecule has 0 aliphatic carbocycles. The zero-order chi connectivity index (χ0) is 13.6. The van der Waals surface area contributed by atoms with Crippen LogP contribution in [0, 0.1) is 0 Å². The summed E-state index contributed by atoms with van der Waals surface area (Å²) in [6, 6.07) is 6.29. The minimum Gasteiger partial charge on any atom is -0.300 e. The maximum Gasteiger partial charge on any atom is 0.407 e. The van der Waals surface area contributed by atoms with Crippen molar-refractivity contribution in [3.63, 3.8) is 0 Å². The van der Waals surface area contributed by atoms with Crippen LogP contribution < -0.4 is 5.32 Å². The second kappa shape index (κ2) is 6.78. The molecule has 1 N–H and O–H groups in total. The number of rotatable bonds is 6. The average molecular weight is 259 g/mol. The molecule has 0 spiro atoms. The molecule has 0 bridgehead atoms. The van der Waals surface area contributed by atoms with Crippen LogP contribution in [0.15, 0.2) is 30.3 Å². The van der Waals surface area contributed by atoms with E-state index in [9.17, 15) is 13.2 Å². The van der Waals surface area contributed by atoms with Crippen molar-refractivity contribution in [2.24, 2.45) is 0 Å². The van der Waals surface area contributed by atoms with Crippen LogP contribution in [0.5, 0.6) is 0 Å². The van der Waals surface area contributed by atoms with Gasteiger partial charge < -0.3 is 0 Å². The van der Waals surface area contributed by atoms with Gasteiger partial charge in [-0.1, -0.05) is 50.1 Å². The van der Waals surface area contributed by atoms with Gasteiger partial charge in [0.1, 0.15) is 6.04 Å². The summed E-state index contributed by atoms with van der Waals surface area (Å²) in [5, 5.41) is 2.68. The van der Waals surface area contributed by atoms with Gasteiger partial charge in [0.2, 0.25) is 0 Å². The monoisotopic (exact) mass is 259 g/mol. The highest BCUT2D eigenvalue weighted by molar-refractivity contribution is 5.20. The van der Waals surface area contributed by atoms with E-state index in [1.54, 1.807) is 25.1 Å². The van der Waals surface area contributed by atoms with Gasteiger partial charge in [0.05, 0.1) is 0 Å². The molecule has 1 rings (SSSR count). The van der Waals surface area contributed by atoms with Crippen molar-refractivity contribution in [1.82, 2.24) is 5.32 Å². The van der Waals surface area contributed by atoms with Gasteiger partial charge in [-0.15, -0.1) is 0 Å². The summed E-state index contributed by atoms with van der Waals surface area (Å²) in [5.74, 6) is 0. The van der Waals surface area contributed by atoms with Crippen molar-refractivity contribution in [1.29, 1.82) is 0 Å². The molecular weight excluding hydrogens is 239 g/mol. The minimum absolute atomic E-state index is 0.142. The highest BCUT2D eigenvalue weighted by Crippen LogP contribution is 2.33. The first-order valence-electron chi connectivity index (χ1n) is 6.33. The van der Waals surface area contributed by atoms with Crippen molar-refractivity contribution in [3.8, 4) is 0 Å². The lowest BCUT2D eigenvalue weighted by atomic mass is 10.0. The summed E-state index contributed by atoms with van der Waals surface area (Å²) in [5.41, 5.74) is 0.272. The molecule has 0 aromatic heterocycles. The number of hydrogen-bond donors (Lipinski definition) is 1. The predicted octanol–water partition coefficient (Wildman–Crippen LogP) is 4.46. The lowest BCUT2D eigenvalue weighted by Gasteiger charge is -2.26. The molecule has 2 atom stereocenters. The Labute approximate surface area is 106 Å². The Kier molecular flexibility index (Phi) is 5.66. The Morgan fingerprint density at radius 2 is 1.78 bits per heavy atom. The maximum absolute atomic E-state index is 13.0. The Morgan fingerprint density at radius 1 is 1.17 bits per heavy atom. The number of unbranched alkanes of at least 4 members (excludes halogenated alkanes) is 1. The molecule has 0 amide bonds. The van der Waals surface area contributed by atoms with E-state index in [4.69, 9.17) is 0 Å². The molecule has 18 heavy (non-hydrogen) atoms. The van der Waals surface area contributed by atoms with Gasteiger partial charge in [0, 0.05) is 6.04 Å². The Morgan fingerprint density at radius 3 is 2.28 bits per heavy atom. The summed E-state index contributed by atoms with van der Waals surface area (Å²) < 4.78 is 39.1. The van der Waals surface area contributed by atoms with Crippen LogP contribution in [0.4, 0.5) is 13.2 Å². The maximum atomic E-state index is 13.0. The first kappa shape index (κ1) is 15.0. The molecule has 0 fully saturated rings. The number of halogens is 3. The Bertz CT molecular complexity index is 335. The molecule has 0 saturated heterocycles. The van der Waals surface area contributed by atoms with E-state index in [0.29, 0.717) is 0 Å². The van der Waals surface area contributed by atoms with E-state index in [2.05, 4.69) is 5.32 Å². The molecule has 4 heteroatoms. The molecule has 0 radical (unpaired) electrons. The van der Waals surface area contributed by atoms with Crippen LogP contribution in [0.1, 0.15) is 44.7 Å². The van der Waals surface area contributed by atoms with E-state index in [0.717, 1.165) is 19.3 Å². The molecule has 0 aliphatic rings. The predicted molar refractivity (Wildman–Crippen MR) is 67.4 cm³/mol. The summed E-state index contributed by atoms with van der Waals surface area (Å²) >= 11 is 0. The largest absolute Gasteiger partial charge is 0.407 e. The van der Waals surface area contributed by atoms with Gasteiger partial charge in [0.25, 0.3) is 0 Å². The highest BCUT2D eigenvalue weighted by atomic mass is 19.4. The second-order valence-electron chi connectivity index (χ2n) is 4.60. The number of hydrogen-bond acceptors (Lipinski definition) is 1. The molecule has 0 saturated carbocycles.